The molecule has 54 heavy (non-hydrogen) atoms. The topological polar surface area (TPSA) is 259 Å². The highest BCUT2D eigenvalue weighted by Crippen LogP contribution is 2.29. The fourth-order valence-corrected chi connectivity index (χ4v) is 6.27. The monoisotopic (exact) mass is 765 g/mol. The number of ketones is 1. The van der Waals surface area contributed by atoms with Crippen molar-refractivity contribution in [3.05, 3.63) is 57.8 Å². The first-order valence-electron chi connectivity index (χ1n) is 17.0. The van der Waals surface area contributed by atoms with E-state index < -0.39 is 83.9 Å². The molecule has 19 heteroatoms. The van der Waals surface area contributed by atoms with Crippen LogP contribution in [0.5, 0.6) is 5.75 Å². The third-order valence-corrected chi connectivity index (χ3v) is 9.75. The lowest BCUT2D eigenvalue weighted by molar-refractivity contribution is -0.141. The van der Waals surface area contributed by atoms with Crippen molar-refractivity contribution in [2.24, 2.45) is 0 Å². The van der Waals surface area contributed by atoms with Crippen LogP contribution in [0.25, 0.3) is 10.9 Å². The summed E-state index contributed by atoms with van der Waals surface area (Å²) < 4.78 is 5.52. The van der Waals surface area contributed by atoms with Gasteiger partial charge in [-0.25, -0.2) is 4.98 Å². The molecule has 3 heterocycles. The van der Waals surface area contributed by atoms with Crippen LogP contribution in [0.4, 0.5) is 0 Å². The van der Waals surface area contributed by atoms with Gasteiger partial charge in [0.25, 0.3) is 17.7 Å². The number of Topliss-reactive ketones (excluding diaryl/α,β-unsaturated/α-hetero) is 1. The third kappa shape index (κ3) is 9.46. The Morgan fingerprint density at radius 3 is 2.35 bits per heavy atom. The summed E-state index contributed by atoms with van der Waals surface area (Å²) in [7, 11) is 1.49. The fraction of sp³-hybridized carbons (Fsp3) is 0.400. The fourth-order valence-electron chi connectivity index (χ4n) is 5.47. The second-order valence-corrected chi connectivity index (χ2v) is 13.4. The zero-order chi connectivity index (χ0) is 39.7. The molecule has 2 bridgehead atoms. The molecule has 18 nitrogen and oxygen atoms in total. The lowest BCUT2D eigenvalue weighted by Gasteiger charge is -2.29. The van der Waals surface area contributed by atoms with E-state index in [0.29, 0.717) is 27.2 Å². The van der Waals surface area contributed by atoms with Gasteiger partial charge in [-0.1, -0.05) is 19.1 Å². The van der Waals surface area contributed by atoms with Gasteiger partial charge in [-0.15, -0.1) is 11.3 Å². The molecule has 7 amide bonds. The first kappa shape index (κ1) is 40.7. The van der Waals surface area contributed by atoms with Crippen LogP contribution in [-0.4, -0.2) is 94.9 Å². The van der Waals surface area contributed by atoms with E-state index in [0.717, 1.165) is 25.2 Å². The van der Waals surface area contributed by atoms with Crippen molar-refractivity contribution in [3.8, 4) is 5.75 Å². The number of methoxy groups -OCH3 is 1. The van der Waals surface area contributed by atoms with Crippen LogP contribution in [0.2, 0.25) is 0 Å². The van der Waals surface area contributed by atoms with E-state index in [9.17, 15) is 38.4 Å². The van der Waals surface area contributed by atoms with Crippen molar-refractivity contribution in [2.45, 2.75) is 71.1 Å². The number of carbonyl (C=O) groups excluding carboxylic acids is 8. The van der Waals surface area contributed by atoms with Crippen molar-refractivity contribution >= 4 is 69.4 Å². The van der Waals surface area contributed by atoms with Gasteiger partial charge in [0.05, 0.1) is 26.2 Å². The highest BCUT2D eigenvalue weighted by Gasteiger charge is 2.42. The number of fused-ring (bicyclic) bond motifs is 3. The summed E-state index contributed by atoms with van der Waals surface area (Å²) in [6.07, 6.45) is 2.93. The molecule has 288 valence electrons. The average Bonchev–Trinajstić information content (AvgIpc) is 3.81. The molecule has 3 aromatic rings. The van der Waals surface area contributed by atoms with Gasteiger partial charge in [0.15, 0.2) is 11.3 Å². The first-order valence-corrected chi connectivity index (χ1v) is 17.8. The van der Waals surface area contributed by atoms with E-state index >= 15 is 0 Å². The molecule has 4 rings (SSSR count). The van der Waals surface area contributed by atoms with Gasteiger partial charge in [-0.3, -0.25) is 38.4 Å². The number of nitrogens with zero attached hydrogens (tertiary/aromatic N) is 1. The van der Waals surface area contributed by atoms with E-state index in [1.165, 1.54) is 25.5 Å². The van der Waals surface area contributed by atoms with Gasteiger partial charge < -0.3 is 46.9 Å². The summed E-state index contributed by atoms with van der Waals surface area (Å²) in [6.45, 7) is 5.81. The number of aromatic amines is 1. The highest BCUT2D eigenvalue weighted by atomic mass is 32.1. The number of hydrogen-bond donors (Lipinski definition) is 8. The first-order chi connectivity index (χ1) is 25.6. The maximum Gasteiger partial charge on any atom is 0.271 e. The van der Waals surface area contributed by atoms with Gasteiger partial charge in [-0.2, -0.15) is 0 Å². The lowest BCUT2D eigenvalue weighted by Crippen LogP contribution is -2.65. The van der Waals surface area contributed by atoms with E-state index in [4.69, 9.17) is 4.74 Å². The number of carbonyl (C=O) groups is 8. The van der Waals surface area contributed by atoms with E-state index in [2.05, 4.69) is 47.2 Å². The van der Waals surface area contributed by atoms with Crippen LogP contribution >= 0.6 is 11.3 Å². The number of nitrogens with one attached hydrogen (secondary N) is 8. The molecular formula is C35H43N9O9S. The van der Waals surface area contributed by atoms with Crippen molar-refractivity contribution in [1.29, 1.82) is 0 Å². The molecule has 0 saturated carbocycles. The maximum absolute atomic E-state index is 14.0. The number of hydrogen-bond acceptors (Lipinski definition) is 11. The third-order valence-electron chi connectivity index (χ3n) is 8.72. The van der Waals surface area contributed by atoms with Crippen LogP contribution < -0.4 is 42.0 Å². The predicted octanol–water partition coefficient (Wildman–Crippen LogP) is -0.224. The minimum absolute atomic E-state index is 0.0786. The van der Waals surface area contributed by atoms with Crippen molar-refractivity contribution in [1.82, 2.24) is 47.2 Å². The van der Waals surface area contributed by atoms with E-state index in [-0.39, 0.29) is 24.2 Å². The smallest absolute Gasteiger partial charge is 0.271 e. The number of thiazole rings is 1. The van der Waals surface area contributed by atoms with Crippen molar-refractivity contribution in [3.63, 3.8) is 0 Å². The lowest BCUT2D eigenvalue weighted by atomic mass is 9.94. The van der Waals surface area contributed by atoms with Crippen LogP contribution in [-0.2, 0) is 40.0 Å². The average molecular weight is 766 g/mol. The molecule has 8 N–H and O–H groups in total. The largest absolute Gasteiger partial charge is 0.496 e. The Morgan fingerprint density at radius 1 is 0.981 bits per heavy atom. The second-order valence-electron chi connectivity index (χ2n) is 12.5. The van der Waals surface area contributed by atoms with Gasteiger partial charge in [-0.05, 0) is 51.8 Å². The molecule has 0 radical (unpaired) electrons. The molecule has 0 aliphatic carbocycles. The van der Waals surface area contributed by atoms with Gasteiger partial charge in [0.1, 0.15) is 34.2 Å². The summed E-state index contributed by atoms with van der Waals surface area (Å²) in [5, 5.41) is 19.8. The summed E-state index contributed by atoms with van der Waals surface area (Å²) in [4.78, 5) is 113. The molecule has 0 unspecified atom stereocenters. The summed E-state index contributed by atoms with van der Waals surface area (Å²) in [5.74, 6) is -5.89. The number of benzene rings is 1. The Labute approximate surface area is 314 Å². The van der Waals surface area contributed by atoms with Crippen LogP contribution in [0, 0.1) is 0 Å². The van der Waals surface area contributed by atoms with E-state index in [1.807, 2.05) is 0 Å². The second kappa shape index (κ2) is 17.6. The number of aromatic nitrogens is 2. The molecule has 1 aliphatic rings. The van der Waals surface area contributed by atoms with Gasteiger partial charge in [0, 0.05) is 28.9 Å². The standard InChI is InChI=1S/C35H43N9O9S/c1-7-20-29(48)37-14-26(46)39-17(3)33-43-24(16-54-33)31(50)42-23(12-19-13-36-22-10-9-11-25(53-6)28(19)22)32(51)44-35(5,18(4)45)34(52)38-15-27(47)40-21(8-2)30(49)41-20/h7,9-11,13,16-17,21,23,36H,8,12,14-15H2,1-6H3,(H,37,48)(H,38,52)(H,39,46)(H,40,47)(H,41,49)(H,42,50)(H,44,51)/b20-7-/t17-,21-,23+,35+/m1/s1. The number of rotatable bonds is 5. The summed E-state index contributed by atoms with van der Waals surface area (Å²) >= 11 is 1.07. The van der Waals surface area contributed by atoms with Crippen LogP contribution in [0.15, 0.2) is 41.5 Å². The Balaban J connectivity index is 1.70. The molecule has 4 atom stereocenters. The molecule has 0 saturated heterocycles. The van der Waals surface area contributed by atoms with Crippen molar-refractivity contribution < 1.29 is 43.1 Å². The minimum atomic E-state index is -2.21. The quantitative estimate of drug-likeness (QED) is 0.125. The normalized spacial score (nSPS) is 23.6. The summed E-state index contributed by atoms with van der Waals surface area (Å²) in [5.41, 5.74) is -1.20. The summed E-state index contributed by atoms with van der Waals surface area (Å²) in [6, 6.07) is 2.09. The van der Waals surface area contributed by atoms with Gasteiger partial charge in [0.2, 0.25) is 23.6 Å². The maximum atomic E-state index is 14.0. The predicted molar refractivity (Wildman–Crippen MR) is 196 cm³/mol. The molecular weight excluding hydrogens is 723 g/mol. The Bertz CT molecular complexity index is 2010. The number of H-pyrrole nitrogens is 1. The van der Waals surface area contributed by atoms with Crippen LogP contribution in [0.1, 0.15) is 68.1 Å². The minimum Gasteiger partial charge on any atom is -0.496 e. The zero-order valence-corrected chi connectivity index (χ0v) is 31.4. The molecule has 0 spiro atoms. The Morgan fingerprint density at radius 2 is 1.69 bits per heavy atom. The Kier molecular flexibility index (Phi) is 13.3. The molecule has 0 fully saturated rings. The molecule has 1 aromatic carbocycles. The van der Waals surface area contributed by atoms with Crippen LogP contribution in [0.3, 0.4) is 0 Å². The number of allylic oxidation sites excluding steroid dienone is 1. The zero-order valence-electron chi connectivity index (χ0n) is 30.6. The van der Waals surface area contributed by atoms with Gasteiger partial charge >= 0.3 is 0 Å². The number of amides is 7. The van der Waals surface area contributed by atoms with E-state index in [1.54, 1.807) is 38.2 Å². The number of ether oxygens (including phenoxy) is 1. The van der Waals surface area contributed by atoms with Crippen molar-refractivity contribution in [2.75, 3.05) is 20.2 Å². The Hall–Kier alpha value is -6.11. The highest BCUT2D eigenvalue weighted by molar-refractivity contribution is 7.09. The SMILES string of the molecule is C/C=C1\NC(=O)[C@@H](CC)NC(=O)CNC(=O)[C@](C)(C(C)=O)NC(=O)[C@H](Cc2c[nH]c3cccc(OC)c23)NC(=O)c2csc(n2)[C@@H](C)NC(=O)CNC1=O. The molecule has 1 aliphatic heterocycles. The molecule has 2 aromatic heterocycles.